The second-order valence-electron chi connectivity index (χ2n) is 10.2. The minimum atomic E-state index is -2.99. The fourth-order valence-electron chi connectivity index (χ4n) is 4.84. The third-order valence-electron chi connectivity index (χ3n) is 7.27. The van der Waals surface area contributed by atoms with Gasteiger partial charge in [0.2, 0.25) is 17.7 Å². The summed E-state index contributed by atoms with van der Waals surface area (Å²) in [7, 11) is 1.58. The molecule has 3 aliphatic carbocycles. The lowest BCUT2D eigenvalue weighted by atomic mass is 9.91. The molecule has 11 nitrogen and oxygen atoms in total. The zero-order chi connectivity index (χ0) is 27.3. The Morgan fingerprint density at radius 2 is 2.08 bits per heavy atom. The number of nitrogens with zero attached hydrogens (tertiary/aromatic N) is 5. The number of anilines is 3. The van der Waals surface area contributed by atoms with E-state index < -0.39 is 24.6 Å². The molecule has 3 atom stereocenters. The van der Waals surface area contributed by atoms with E-state index in [1.165, 1.54) is 22.1 Å². The van der Waals surface area contributed by atoms with Crippen LogP contribution in [0.25, 0.3) is 0 Å². The Kier molecular flexibility index (Phi) is 6.69. The molecular formula is C24H27F3N8O3S. The van der Waals surface area contributed by atoms with Crippen molar-refractivity contribution in [3.63, 3.8) is 0 Å². The predicted octanol–water partition coefficient (Wildman–Crippen LogP) is 3.58. The molecule has 39 heavy (non-hydrogen) atoms. The van der Waals surface area contributed by atoms with E-state index in [1.54, 1.807) is 13.4 Å². The monoisotopic (exact) mass is 564 g/mol. The lowest BCUT2D eigenvalue weighted by Crippen LogP contribution is -2.29. The number of ether oxygens (including phenoxy) is 1. The van der Waals surface area contributed by atoms with Crippen molar-refractivity contribution >= 4 is 39.9 Å². The highest BCUT2D eigenvalue weighted by molar-refractivity contribution is 7.17. The Balaban J connectivity index is 1.24. The normalized spacial score (nSPS) is 21.9. The second-order valence-corrected chi connectivity index (χ2v) is 11.3. The van der Waals surface area contributed by atoms with Gasteiger partial charge in [-0.3, -0.25) is 14.2 Å². The molecule has 0 bridgehead atoms. The minimum absolute atomic E-state index is 0.119. The molecule has 3 aromatic rings. The van der Waals surface area contributed by atoms with E-state index in [-0.39, 0.29) is 24.2 Å². The van der Waals surface area contributed by atoms with E-state index in [0.29, 0.717) is 47.6 Å². The molecule has 3 N–H and O–H groups in total. The zero-order valence-electron chi connectivity index (χ0n) is 21.0. The molecule has 0 saturated heterocycles. The fraction of sp³-hybridized carbons (Fsp3) is 0.542. The summed E-state index contributed by atoms with van der Waals surface area (Å²) in [6.07, 6.45) is 4.69. The van der Waals surface area contributed by atoms with Crippen LogP contribution in [-0.4, -0.2) is 55.7 Å². The lowest BCUT2D eigenvalue weighted by Gasteiger charge is -2.25. The van der Waals surface area contributed by atoms with Gasteiger partial charge in [-0.25, -0.2) is 9.07 Å². The maximum atomic E-state index is 13.5. The Morgan fingerprint density at radius 1 is 1.28 bits per heavy atom. The van der Waals surface area contributed by atoms with Crippen molar-refractivity contribution in [1.29, 1.82) is 0 Å². The quantitative estimate of drug-likeness (QED) is 0.343. The SMILES string of the molecule is Cn1nc(OC(F)F)cc1Nc1nncn1[C@H]1CCc2sc(NC(=O)[C@@H]3C[C@@H]3F)c(C(=O)NCC3CC3)c2C1. The molecule has 208 valence electrons. The van der Waals surface area contributed by atoms with Gasteiger partial charge in [0.1, 0.15) is 23.3 Å². The van der Waals surface area contributed by atoms with Gasteiger partial charge in [-0.1, -0.05) is 0 Å². The number of carbonyl (C=O) groups is 2. The molecule has 0 unspecified atom stereocenters. The van der Waals surface area contributed by atoms with E-state index in [0.717, 1.165) is 29.7 Å². The van der Waals surface area contributed by atoms with Crippen LogP contribution in [0.4, 0.5) is 29.9 Å². The van der Waals surface area contributed by atoms with Crippen molar-refractivity contribution in [3.05, 3.63) is 28.4 Å². The first kappa shape index (κ1) is 25.6. The molecule has 2 amide bonds. The van der Waals surface area contributed by atoms with Crippen LogP contribution in [0.1, 0.15) is 52.5 Å². The number of fused-ring (bicyclic) bond motifs is 1. The summed E-state index contributed by atoms with van der Waals surface area (Å²) in [5.74, 6) is -0.300. The number of thiophene rings is 1. The highest BCUT2D eigenvalue weighted by Gasteiger charge is 2.44. The standard InChI is InChI=1S/C24H27F3N8O3S/c1-34-17(8-18(33-34)38-23(26)27)30-24-32-29-10-35(24)12-4-5-16-14(6-12)19(21(37)28-9-11-2-3-11)22(39-16)31-20(36)13-7-15(13)25/h8,10-13,15,23H,2-7,9H2,1H3,(H,28,37)(H,30,32)(H,31,36)/t12-,13+,15-/m0/s1. The third kappa shape index (κ3) is 5.44. The Hall–Kier alpha value is -3.62. The van der Waals surface area contributed by atoms with Gasteiger partial charge in [-0.05, 0) is 50.0 Å². The maximum Gasteiger partial charge on any atom is 0.388 e. The molecule has 2 saturated carbocycles. The molecule has 0 aromatic carbocycles. The van der Waals surface area contributed by atoms with Crippen molar-refractivity contribution in [2.45, 2.75) is 57.3 Å². The molecule has 15 heteroatoms. The number of aryl methyl sites for hydroxylation is 2. The molecule has 3 aliphatic rings. The number of carbonyl (C=O) groups excluding carboxylic acids is 2. The van der Waals surface area contributed by atoms with E-state index in [2.05, 4.69) is 36.0 Å². The fourth-order valence-corrected chi connectivity index (χ4v) is 6.08. The van der Waals surface area contributed by atoms with Gasteiger partial charge < -0.3 is 20.7 Å². The molecule has 0 spiro atoms. The molecule has 3 heterocycles. The molecule has 0 radical (unpaired) electrons. The number of hydrogen-bond donors (Lipinski definition) is 3. The zero-order valence-corrected chi connectivity index (χ0v) is 21.8. The van der Waals surface area contributed by atoms with Crippen LogP contribution in [0.2, 0.25) is 0 Å². The van der Waals surface area contributed by atoms with Crippen LogP contribution >= 0.6 is 11.3 Å². The van der Waals surface area contributed by atoms with Gasteiger partial charge in [0, 0.05) is 30.6 Å². The summed E-state index contributed by atoms with van der Waals surface area (Å²) in [5.41, 5.74) is 1.29. The van der Waals surface area contributed by atoms with Gasteiger partial charge in [0.15, 0.2) is 0 Å². The van der Waals surface area contributed by atoms with Gasteiger partial charge in [0.05, 0.1) is 11.5 Å². The first-order valence-electron chi connectivity index (χ1n) is 12.8. The highest BCUT2D eigenvalue weighted by Crippen LogP contribution is 2.43. The molecule has 2 fully saturated rings. The third-order valence-corrected chi connectivity index (χ3v) is 8.48. The van der Waals surface area contributed by atoms with Crippen LogP contribution < -0.4 is 20.7 Å². The molecule has 6 rings (SSSR count). The van der Waals surface area contributed by atoms with Crippen molar-refractivity contribution in [1.82, 2.24) is 29.9 Å². The van der Waals surface area contributed by atoms with Crippen LogP contribution in [0.3, 0.4) is 0 Å². The van der Waals surface area contributed by atoms with Gasteiger partial charge in [-0.2, -0.15) is 8.78 Å². The van der Waals surface area contributed by atoms with E-state index in [1.807, 2.05) is 4.57 Å². The van der Waals surface area contributed by atoms with Gasteiger partial charge >= 0.3 is 6.61 Å². The summed E-state index contributed by atoms with van der Waals surface area (Å²) in [6, 6.07) is 1.22. The Labute approximate surface area is 225 Å². The average Bonchev–Trinajstić information content (AvgIpc) is 3.73. The van der Waals surface area contributed by atoms with E-state index in [4.69, 9.17) is 0 Å². The highest BCUT2D eigenvalue weighted by atomic mass is 32.1. The maximum absolute atomic E-state index is 13.5. The van der Waals surface area contributed by atoms with Crippen molar-refractivity contribution in [2.75, 3.05) is 17.2 Å². The Morgan fingerprint density at radius 3 is 2.79 bits per heavy atom. The average molecular weight is 565 g/mol. The summed E-state index contributed by atoms with van der Waals surface area (Å²) in [4.78, 5) is 26.9. The number of nitrogens with one attached hydrogen (secondary N) is 3. The number of rotatable bonds is 10. The van der Waals surface area contributed by atoms with E-state index in [9.17, 15) is 22.8 Å². The number of halogens is 3. The van der Waals surface area contributed by atoms with Crippen molar-refractivity contribution in [2.24, 2.45) is 18.9 Å². The molecule has 0 aliphatic heterocycles. The Bertz CT molecular complexity index is 1400. The number of aromatic nitrogens is 5. The van der Waals surface area contributed by atoms with Gasteiger partial charge in [-0.15, -0.1) is 26.6 Å². The van der Waals surface area contributed by atoms with Crippen molar-refractivity contribution < 1.29 is 27.5 Å². The summed E-state index contributed by atoms with van der Waals surface area (Å²) >= 11 is 1.37. The first-order chi connectivity index (χ1) is 18.8. The predicted molar refractivity (Wildman–Crippen MR) is 135 cm³/mol. The summed E-state index contributed by atoms with van der Waals surface area (Å²) in [5, 5.41) is 21.4. The molecular weight excluding hydrogens is 537 g/mol. The second kappa shape index (κ2) is 10.2. The number of hydrogen-bond acceptors (Lipinski definition) is 8. The topological polar surface area (TPSA) is 128 Å². The van der Waals surface area contributed by atoms with Crippen LogP contribution in [0.5, 0.6) is 5.88 Å². The van der Waals surface area contributed by atoms with Crippen LogP contribution in [0, 0.1) is 11.8 Å². The van der Waals surface area contributed by atoms with Crippen LogP contribution in [-0.2, 0) is 24.7 Å². The van der Waals surface area contributed by atoms with E-state index >= 15 is 0 Å². The van der Waals surface area contributed by atoms with Gasteiger partial charge in [0.25, 0.3) is 5.91 Å². The lowest BCUT2D eigenvalue weighted by molar-refractivity contribution is -0.117. The number of amides is 2. The largest absolute Gasteiger partial charge is 0.415 e. The smallest absolute Gasteiger partial charge is 0.388 e. The molecule has 3 aromatic heterocycles. The summed E-state index contributed by atoms with van der Waals surface area (Å²) < 4.78 is 46.3. The summed E-state index contributed by atoms with van der Waals surface area (Å²) in [6.45, 7) is -2.41. The number of alkyl halides is 3. The first-order valence-corrected chi connectivity index (χ1v) is 13.6. The minimum Gasteiger partial charge on any atom is -0.415 e. The van der Waals surface area contributed by atoms with Crippen LogP contribution in [0.15, 0.2) is 12.4 Å². The van der Waals surface area contributed by atoms with Crippen molar-refractivity contribution in [3.8, 4) is 5.88 Å².